The van der Waals surface area contributed by atoms with Gasteiger partial charge < -0.3 is 13.9 Å². The number of ether oxygens (including phenoxy) is 2. The van der Waals surface area contributed by atoms with Crippen LogP contribution in [-0.4, -0.2) is 14.2 Å². The zero-order chi connectivity index (χ0) is 14.0. The molecule has 0 aliphatic heterocycles. The van der Waals surface area contributed by atoms with Gasteiger partial charge in [0.25, 0.3) is 0 Å². The van der Waals surface area contributed by atoms with E-state index in [1.807, 2.05) is 25.1 Å². The minimum Gasteiger partial charge on any atom is -0.493 e. The summed E-state index contributed by atoms with van der Waals surface area (Å²) in [6.07, 6.45) is 1.77. The Morgan fingerprint density at radius 1 is 1.05 bits per heavy atom. The van der Waals surface area contributed by atoms with Gasteiger partial charge in [-0.1, -0.05) is 15.9 Å². The summed E-state index contributed by atoms with van der Waals surface area (Å²) in [5, 5.41) is 0. The van der Waals surface area contributed by atoms with Crippen molar-refractivity contribution in [2.75, 3.05) is 14.2 Å². The molecule has 2 rings (SSSR count). The Morgan fingerprint density at radius 3 is 2.21 bits per heavy atom. The van der Waals surface area contributed by atoms with Crippen molar-refractivity contribution in [3.63, 3.8) is 0 Å². The highest BCUT2D eigenvalue weighted by Gasteiger charge is 2.18. The maximum Gasteiger partial charge on any atom is 0.161 e. The lowest BCUT2D eigenvalue weighted by atomic mass is 10.0. The van der Waals surface area contributed by atoms with Crippen LogP contribution in [-0.2, 0) is 0 Å². The molecular formula is C15H17BrO3. The fourth-order valence-corrected chi connectivity index (χ4v) is 2.78. The SMILES string of the molecule is COc1cc(C)c(C(Br)c2coc(C)c2)cc1OC. The van der Waals surface area contributed by atoms with E-state index < -0.39 is 0 Å². The Balaban J connectivity index is 2.44. The zero-order valence-corrected chi connectivity index (χ0v) is 13.1. The Labute approximate surface area is 121 Å². The summed E-state index contributed by atoms with van der Waals surface area (Å²) in [6, 6.07) is 6.00. The van der Waals surface area contributed by atoms with Crippen LogP contribution in [0.25, 0.3) is 0 Å². The predicted octanol–water partition coefficient (Wildman–Crippen LogP) is 4.40. The molecule has 0 saturated heterocycles. The molecule has 0 N–H and O–H groups in total. The van der Waals surface area contributed by atoms with E-state index in [-0.39, 0.29) is 4.83 Å². The molecule has 1 aromatic carbocycles. The average molecular weight is 325 g/mol. The fraction of sp³-hybridized carbons (Fsp3) is 0.333. The molecule has 0 saturated carbocycles. The molecule has 1 aromatic heterocycles. The number of aryl methyl sites for hydroxylation is 2. The van der Waals surface area contributed by atoms with Crippen LogP contribution in [0.3, 0.4) is 0 Å². The summed E-state index contributed by atoms with van der Waals surface area (Å²) in [5.41, 5.74) is 3.37. The standard InChI is InChI=1S/C15H17BrO3/c1-9-5-13(17-3)14(18-4)7-12(9)15(16)11-6-10(2)19-8-11/h5-8,15H,1-4H3. The second-order valence-electron chi connectivity index (χ2n) is 4.42. The van der Waals surface area contributed by atoms with Crippen molar-refractivity contribution in [3.8, 4) is 11.5 Å². The summed E-state index contributed by atoms with van der Waals surface area (Å²) in [7, 11) is 3.28. The smallest absolute Gasteiger partial charge is 0.161 e. The van der Waals surface area contributed by atoms with Crippen molar-refractivity contribution in [2.45, 2.75) is 18.7 Å². The quantitative estimate of drug-likeness (QED) is 0.781. The van der Waals surface area contributed by atoms with E-state index in [0.29, 0.717) is 0 Å². The molecule has 0 bridgehead atoms. The number of rotatable bonds is 4. The molecule has 1 unspecified atom stereocenters. The number of benzene rings is 1. The van der Waals surface area contributed by atoms with E-state index in [1.165, 1.54) is 0 Å². The van der Waals surface area contributed by atoms with Crippen LogP contribution in [0, 0.1) is 13.8 Å². The lowest BCUT2D eigenvalue weighted by Gasteiger charge is -2.15. The Kier molecular flexibility index (Phi) is 4.20. The first-order valence-corrected chi connectivity index (χ1v) is 6.90. The summed E-state index contributed by atoms with van der Waals surface area (Å²) >= 11 is 3.71. The normalized spacial score (nSPS) is 12.3. The van der Waals surface area contributed by atoms with Crippen molar-refractivity contribution < 1.29 is 13.9 Å². The first-order valence-electron chi connectivity index (χ1n) is 5.98. The molecular weight excluding hydrogens is 308 g/mol. The third-order valence-corrected chi connectivity index (χ3v) is 4.11. The highest BCUT2D eigenvalue weighted by atomic mass is 79.9. The molecule has 3 nitrogen and oxygen atoms in total. The lowest BCUT2D eigenvalue weighted by Crippen LogP contribution is -1.98. The van der Waals surface area contributed by atoms with Gasteiger partial charge in [-0.05, 0) is 43.2 Å². The van der Waals surface area contributed by atoms with Crippen LogP contribution < -0.4 is 9.47 Å². The van der Waals surface area contributed by atoms with E-state index in [2.05, 4.69) is 22.9 Å². The van der Waals surface area contributed by atoms with Crippen molar-refractivity contribution >= 4 is 15.9 Å². The van der Waals surface area contributed by atoms with E-state index >= 15 is 0 Å². The van der Waals surface area contributed by atoms with E-state index in [4.69, 9.17) is 13.9 Å². The van der Waals surface area contributed by atoms with Gasteiger partial charge in [0.1, 0.15) is 5.76 Å². The monoisotopic (exact) mass is 324 g/mol. The van der Waals surface area contributed by atoms with Gasteiger partial charge in [0.2, 0.25) is 0 Å². The minimum absolute atomic E-state index is 0.0738. The van der Waals surface area contributed by atoms with Gasteiger partial charge in [0.15, 0.2) is 11.5 Å². The molecule has 0 fully saturated rings. The molecule has 0 radical (unpaired) electrons. The molecule has 1 heterocycles. The second kappa shape index (κ2) is 5.70. The largest absolute Gasteiger partial charge is 0.493 e. The summed E-state index contributed by atoms with van der Waals surface area (Å²) < 4.78 is 16.0. The molecule has 19 heavy (non-hydrogen) atoms. The van der Waals surface area contributed by atoms with Crippen LogP contribution in [0.4, 0.5) is 0 Å². The van der Waals surface area contributed by atoms with Crippen LogP contribution in [0.5, 0.6) is 11.5 Å². The molecule has 102 valence electrons. The molecule has 0 aliphatic rings. The predicted molar refractivity (Wildman–Crippen MR) is 78.5 cm³/mol. The van der Waals surface area contributed by atoms with E-state index in [1.54, 1.807) is 20.5 Å². The van der Waals surface area contributed by atoms with Crippen molar-refractivity contribution in [1.29, 1.82) is 0 Å². The summed E-state index contributed by atoms with van der Waals surface area (Å²) in [5.74, 6) is 2.37. The van der Waals surface area contributed by atoms with Gasteiger partial charge in [-0.2, -0.15) is 0 Å². The molecule has 0 spiro atoms. The third-order valence-electron chi connectivity index (χ3n) is 3.09. The highest BCUT2D eigenvalue weighted by molar-refractivity contribution is 9.09. The fourth-order valence-electron chi connectivity index (χ4n) is 2.05. The molecule has 0 amide bonds. The summed E-state index contributed by atoms with van der Waals surface area (Å²) in [6.45, 7) is 3.99. The Bertz CT molecular complexity index is 575. The Morgan fingerprint density at radius 2 is 1.68 bits per heavy atom. The number of halogens is 1. The molecule has 2 aromatic rings. The average Bonchev–Trinajstić information content (AvgIpc) is 2.84. The lowest BCUT2D eigenvalue weighted by molar-refractivity contribution is 0.354. The van der Waals surface area contributed by atoms with E-state index in [0.717, 1.165) is 33.9 Å². The van der Waals surface area contributed by atoms with Crippen LogP contribution in [0.1, 0.15) is 27.3 Å². The van der Waals surface area contributed by atoms with Gasteiger partial charge in [-0.25, -0.2) is 0 Å². The summed E-state index contributed by atoms with van der Waals surface area (Å²) in [4.78, 5) is 0.0738. The molecule has 1 atom stereocenters. The van der Waals surface area contributed by atoms with Gasteiger partial charge >= 0.3 is 0 Å². The maximum absolute atomic E-state index is 5.36. The van der Waals surface area contributed by atoms with E-state index in [9.17, 15) is 0 Å². The molecule has 0 aliphatic carbocycles. The van der Waals surface area contributed by atoms with Crippen molar-refractivity contribution in [1.82, 2.24) is 0 Å². The first-order chi connectivity index (χ1) is 9.06. The van der Waals surface area contributed by atoms with Gasteiger partial charge in [0.05, 0.1) is 25.3 Å². The zero-order valence-electron chi connectivity index (χ0n) is 11.5. The van der Waals surface area contributed by atoms with Gasteiger partial charge in [-0.3, -0.25) is 0 Å². The highest BCUT2D eigenvalue weighted by Crippen LogP contribution is 2.39. The van der Waals surface area contributed by atoms with Gasteiger partial charge in [0, 0.05) is 5.56 Å². The number of methoxy groups -OCH3 is 2. The van der Waals surface area contributed by atoms with Crippen LogP contribution >= 0.6 is 15.9 Å². The second-order valence-corrected chi connectivity index (χ2v) is 5.33. The molecule has 4 heteroatoms. The first kappa shape index (κ1) is 14.0. The van der Waals surface area contributed by atoms with Crippen molar-refractivity contribution in [3.05, 3.63) is 46.9 Å². The Hall–Kier alpha value is -1.42. The van der Waals surface area contributed by atoms with Crippen LogP contribution in [0.2, 0.25) is 0 Å². The van der Waals surface area contributed by atoms with Gasteiger partial charge in [-0.15, -0.1) is 0 Å². The number of furan rings is 1. The maximum atomic E-state index is 5.36. The number of hydrogen-bond donors (Lipinski definition) is 0. The van der Waals surface area contributed by atoms with Crippen molar-refractivity contribution in [2.24, 2.45) is 0 Å². The number of alkyl halides is 1. The van der Waals surface area contributed by atoms with Crippen LogP contribution in [0.15, 0.2) is 28.9 Å². The number of hydrogen-bond acceptors (Lipinski definition) is 3. The minimum atomic E-state index is 0.0738. The topological polar surface area (TPSA) is 31.6 Å². The third kappa shape index (κ3) is 2.78.